The van der Waals surface area contributed by atoms with Gasteiger partial charge in [-0.1, -0.05) is 41.9 Å². The second-order valence-electron chi connectivity index (χ2n) is 9.69. The first kappa shape index (κ1) is 25.8. The third-order valence-electron chi connectivity index (χ3n) is 7.05. The lowest BCUT2D eigenvalue weighted by Gasteiger charge is -2.32. The Hall–Kier alpha value is -3.85. The highest BCUT2D eigenvalue weighted by molar-refractivity contribution is 6.39. The Morgan fingerprint density at radius 2 is 1.74 bits per heavy atom. The number of hydrogen-bond acceptors (Lipinski definition) is 6. The van der Waals surface area contributed by atoms with Crippen LogP contribution in [-0.4, -0.2) is 68.4 Å². The van der Waals surface area contributed by atoms with E-state index in [9.17, 15) is 9.59 Å². The molecule has 0 atom stereocenters. The Morgan fingerprint density at radius 1 is 1.05 bits per heavy atom. The molecule has 8 nitrogen and oxygen atoms in total. The van der Waals surface area contributed by atoms with E-state index in [2.05, 4.69) is 27.5 Å². The van der Waals surface area contributed by atoms with Crippen LogP contribution in [0.5, 0.6) is 0 Å². The lowest BCUT2D eigenvalue weighted by atomic mass is 9.99. The number of fused-ring (bicyclic) bond motifs is 1. The largest absolute Gasteiger partial charge is 0.398 e. The van der Waals surface area contributed by atoms with E-state index >= 15 is 0 Å². The number of nitrogens with zero attached hydrogens (tertiary/aromatic N) is 3. The molecule has 4 N–H and O–H groups in total. The number of nitrogens with one attached hydrogen (secondary N) is 2. The van der Waals surface area contributed by atoms with Crippen LogP contribution in [0, 0.1) is 0 Å². The van der Waals surface area contributed by atoms with Gasteiger partial charge in [0.15, 0.2) is 0 Å². The number of likely N-dealkylation sites (N-methyl/N-ethyl adjacent to an activating group) is 2. The Balaban J connectivity index is 1.40. The highest BCUT2D eigenvalue weighted by Gasteiger charge is 2.29. The molecule has 2 heterocycles. The summed E-state index contributed by atoms with van der Waals surface area (Å²) < 4.78 is 0. The van der Waals surface area contributed by atoms with Gasteiger partial charge in [-0.3, -0.25) is 14.5 Å². The van der Waals surface area contributed by atoms with Crippen LogP contribution in [0.3, 0.4) is 0 Å². The summed E-state index contributed by atoms with van der Waals surface area (Å²) in [5.74, 6) is -0.184. The number of anilines is 4. The van der Waals surface area contributed by atoms with Crippen molar-refractivity contribution in [3.63, 3.8) is 0 Å². The molecular formula is C29H31ClN6O2. The zero-order valence-electron chi connectivity index (χ0n) is 21.5. The first-order chi connectivity index (χ1) is 18.3. The Bertz CT molecular complexity index is 1380. The lowest BCUT2D eigenvalue weighted by Crippen LogP contribution is -2.48. The number of carbonyl (C=O) groups is 2. The minimum absolute atomic E-state index is 0.0536. The average molecular weight is 531 g/mol. The van der Waals surface area contributed by atoms with E-state index in [0.717, 1.165) is 43.1 Å². The minimum atomic E-state index is -0.237. The third kappa shape index (κ3) is 5.38. The van der Waals surface area contributed by atoms with Crippen molar-refractivity contribution in [2.24, 2.45) is 0 Å². The van der Waals surface area contributed by atoms with Crippen LogP contribution in [0.15, 0.2) is 66.7 Å². The van der Waals surface area contributed by atoms with Crippen molar-refractivity contribution >= 4 is 57.4 Å². The zero-order valence-corrected chi connectivity index (χ0v) is 22.3. The van der Waals surface area contributed by atoms with Crippen molar-refractivity contribution in [3.8, 4) is 0 Å². The SMILES string of the molecule is CN1CCN(CC(=O)N(C)c2ccc(N/C(=C3\C(=O)Nc4cc(Cl)c(N)cc43)c3ccccc3)cc2)CC1. The molecule has 0 bridgehead atoms. The first-order valence-corrected chi connectivity index (χ1v) is 12.9. The van der Waals surface area contributed by atoms with Crippen molar-refractivity contribution in [1.29, 1.82) is 0 Å². The van der Waals surface area contributed by atoms with Gasteiger partial charge in [0, 0.05) is 50.2 Å². The van der Waals surface area contributed by atoms with Crippen molar-refractivity contribution < 1.29 is 9.59 Å². The van der Waals surface area contributed by atoms with E-state index in [1.165, 1.54) is 0 Å². The number of amides is 2. The molecule has 196 valence electrons. The van der Waals surface area contributed by atoms with Gasteiger partial charge >= 0.3 is 0 Å². The molecule has 0 spiro atoms. The van der Waals surface area contributed by atoms with Gasteiger partial charge in [-0.25, -0.2) is 0 Å². The maximum atomic E-state index is 13.1. The molecule has 38 heavy (non-hydrogen) atoms. The molecule has 0 aromatic heterocycles. The van der Waals surface area contributed by atoms with Crippen molar-refractivity contribution in [2.75, 3.05) is 68.1 Å². The van der Waals surface area contributed by atoms with Gasteiger partial charge in [0.05, 0.1) is 34.2 Å². The van der Waals surface area contributed by atoms with E-state index < -0.39 is 0 Å². The molecule has 2 aliphatic heterocycles. The molecule has 2 aliphatic rings. The van der Waals surface area contributed by atoms with E-state index in [0.29, 0.717) is 39.8 Å². The van der Waals surface area contributed by atoms with Gasteiger partial charge in [0.2, 0.25) is 5.91 Å². The number of hydrogen-bond donors (Lipinski definition) is 3. The molecule has 3 aromatic rings. The van der Waals surface area contributed by atoms with Crippen LogP contribution in [0.4, 0.5) is 22.7 Å². The number of rotatable bonds is 6. The van der Waals surface area contributed by atoms with Crippen LogP contribution in [0.2, 0.25) is 5.02 Å². The predicted molar refractivity (Wildman–Crippen MR) is 155 cm³/mol. The summed E-state index contributed by atoms with van der Waals surface area (Å²) in [4.78, 5) is 32.2. The molecule has 2 amide bonds. The van der Waals surface area contributed by atoms with Gasteiger partial charge in [0.1, 0.15) is 0 Å². The molecule has 1 saturated heterocycles. The quantitative estimate of drug-likeness (QED) is 0.329. The van der Waals surface area contributed by atoms with E-state index in [1.807, 2.05) is 54.6 Å². The monoisotopic (exact) mass is 530 g/mol. The minimum Gasteiger partial charge on any atom is -0.398 e. The molecule has 1 fully saturated rings. The molecule has 0 saturated carbocycles. The zero-order chi connectivity index (χ0) is 26.8. The van der Waals surface area contributed by atoms with Crippen molar-refractivity contribution in [1.82, 2.24) is 9.80 Å². The van der Waals surface area contributed by atoms with Crippen LogP contribution >= 0.6 is 11.6 Å². The topological polar surface area (TPSA) is 93.9 Å². The van der Waals surface area contributed by atoms with Crippen molar-refractivity contribution in [3.05, 3.63) is 82.9 Å². The van der Waals surface area contributed by atoms with E-state index in [1.54, 1.807) is 24.1 Å². The number of carbonyl (C=O) groups excluding carboxylic acids is 2. The molecular weight excluding hydrogens is 500 g/mol. The Labute approximate surface area is 227 Å². The summed E-state index contributed by atoms with van der Waals surface area (Å²) in [6.45, 7) is 4.13. The van der Waals surface area contributed by atoms with Gasteiger partial charge in [0.25, 0.3) is 5.91 Å². The van der Waals surface area contributed by atoms with Gasteiger partial charge in [-0.15, -0.1) is 0 Å². The number of halogens is 1. The molecule has 9 heteroatoms. The highest BCUT2D eigenvalue weighted by Crippen LogP contribution is 2.40. The number of nitrogens with two attached hydrogens (primary N) is 1. The summed E-state index contributed by atoms with van der Waals surface area (Å²) in [6.07, 6.45) is 0. The summed E-state index contributed by atoms with van der Waals surface area (Å²) in [5.41, 5.74) is 11.4. The molecule has 3 aromatic carbocycles. The second-order valence-corrected chi connectivity index (χ2v) is 10.1. The first-order valence-electron chi connectivity index (χ1n) is 12.5. The Morgan fingerprint density at radius 3 is 2.42 bits per heavy atom. The summed E-state index contributed by atoms with van der Waals surface area (Å²) in [7, 11) is 3.90. The molecule has 0 radical (unpaired) electrons. The molecule has 0 aliphatic carbocycles. The normalized spacial score (nSPS) is 17.1. The fourth-order valence-electron chi connectivity index (χ4n) is 4.70. The van der Waals surface area contributed by atoms with Gasteiger partial charge in [-0.05, 0) is 49.0 Å². The summed E-state index contributed by atoms with van der Waals surface area (Å²) in [6, 6.07) is 20.7. The molecule has 5 rings (SSSR count). The maximum Gasteiger partial charge on any atom is 0.258 e. The maximum absolute atomic E-state index is 13.1. The number of nitrogen functional groups attached to an aromatic ring is 1. The fraction of sp³-hybridized carbons (Fsp3) is 0.241. The third-order valence-corrected chi connectivity index (χ3v) is 7.37. The summed E-state index contributed by atoms with van der Waals surface area (Å²) >= 11 is 6.20. The van der Waals surface area contributed by atoms with Crippen LogP contribution in [0.1, 0.15) is 11.1 Å². The van der Waals surface area contributed by atoms with E-state index in [4.69, 9.17) is 17.3 Å². The van der Waals surface area contributed by atoms with Crippen LogP contribution < -0.4 is 21.3 Å². The average Bonchev–Trinajstić information content (AvgIpc) is 3.23. The standard InChI is InChI=1S/C29H31ClN6O2/c1-34-12-14-36(15-13-34)18-26(37)35(2)21-10-8-20(9-11-21)32-28(19-6-4-3-5-7-19)27-22-16-24(31)23(30)17-25(22)33-29(27)38/h3-11,16-17,32H,12-15,18,31H2,1-2H3,(H,33,38)/b28-27-. The highest BCUT2D eigenvalue weighted by atomic mass is 35.5. The lowest BCUT2D eigenvalue weighted by molar-refractivity contribution is -0.119. The number of piperazine rings is 1. The summed E-state index contributed by atoms with van der Waals surface area (Å²) in [5, 5.41) is 6.72. The van der Waals surface area contributed by atoms with Crippen LogP contribution in [-0.2, 0) is 9.59 Å². The second kappa shape index (κ2) is 10.9. The van der Waals surface area contributed by atoms with E-state index in [-0.39, 0.29) is 11.8 Å². The molecule has 0 unspecified atom stereocenters. The number of benzene rings is 3. The van der Waals surface area contributed by atoms with Crippen molar-refractivity contribution in [2.45, 2.75) is 0 Å². The van der Waals surface area contributed by atoms with Gasteiger partial charge < -0.3 is 26.2 Å². The van der Waals surface area contributed by atoms with Crippen LogP contribution in [0.25, 0.3) is 11.3 Å². The Kier molecular flexibility index (Phi) is 7.37. The fourth-order valence-corrected chi connectivity index (χ4v) is 4.86. The smallest absolute Gasteiger partial charge is 0.258 e. The van der Waals surface area contributed by atoms with Gasteiger partial charge in [-0.2, -0.15) is 0 Å². The predicted octanol–water partition coefficient (Wildman–Crippen LogP) is 4.06.